The summed E-state index contributed by atoms with van der Waals surface area (Å²) in [4.78, 5) is 25.9. The topological polar surface area (TPSA) is 72.2 Å². The molecule has 1 aromatic heterocycles. The largest absolute Gasteiger partial charge is 0.477 e. The van der Waals surface area contributed by atoms with Gasteiger partial charge in [0, 0.05) is 7.05 Å². The smallest absolute Gasteiger partial charge is 0.343 e. The maximum Gasteiger partial charge on any atom is 0.343 e. The molecule has 0 spiro atoms. The lowest BCUT2D eigenvalue weighted by Gasteiger charge is -2.03. The quantitative estimate of drug-likeness (QED) is 0.701. The summed E-state index contributed by atoms with van der Waals surface area (Å²) < 4.78 is 1.16. The third-order valence-corrected chi connectivity index (χ3v) is 1.76. The predicted molar refractivity (Wildman–Crippen MR) is 45.8 cm³/mol. The molecule has 1 N–H and O–H groups in total. The van der Waals surface area contributed by atoms with E-state index in [1.54, 1.807) is 6.92 Å². The number of carboxylic acids is 1. The van der Waals surface area contributed by atoms with E-state index < -0.39 is 11.5 Å². The molecule has 13 heavy (non-hydrogen) atoms. The zero-order chi connectivity index (χ0) is 10.0. The average Bonchev–Trinajstić information content (AvgIpc) is 2.08. The molecule has 1 heterocycles. The van der Waals surface area contributed by atoms with E-state index in [4.69, 9.17) is 5.11 Å². The molecule has 0 fully saturated rings. The average molecular weight is 182 g/mol. The van der Waals surface area contributed by atoms with Gasteiger partial charge in [-0.2, -0.15) is 0 Å². The fourth-order valence-electron chi connectivity index (χ4n) is 1.06. The molecule has 1 rings (SSSR count). The molecule has 0 atom stereocenters. The standard InChI is InChI=1S/C8H10N2O3/c1-3-5-6(8(12)13)7(11)10(2)4-9-5/h4H,3H2,1-2H3,(H,12,13). The number of aromatic carboxylic acids is 1. The highest BCUT2D eigenvalue weighted by molar-refractivity contribution is 5.88. The van der Waals surface area contributed by atoms with Gasteiger partial charge < -0.3 is 9.67 Å². The molecule has 0 unspecified atom stereocenters. The minimum atomic E-state index is -1.22. The van der Waals surface area contributed by atoms with Gasteiger partial charge in [-0.05, 0) is 6.42 Å². The van der Waals surface area contributed by atoms with Crippen molar-refractivity contribution in [3.63, 3.8) is 0 Å². The number of rotatable bonds is 2. The molecule has 0 radical (unpaired) electrons. The molecule has 0 bridgehead atoms. The Balaban J connectivity index is 3.51. The van der Waals surface area contributed by atoms with Crippen molar-refractivity contribution in [3.05, 3.63) is 27.9 Å². The summed E-state index contributed by atoms with van der Waals surface area (Å²) in [5.74, 6) is -1.22. The van der Waals surface area contributed by atoms with Crippen molar-refractivity contribution in [2.24, 2.45) is 7.05 Å². The zero-order valence-electron chi connectivity index (χ0n) is 7.44. The van der Waals surface area contributed by atoms with Crippen LogP contribution in [0.2, 0.25) is 0 Å². The van der Waals surface area contributed by atoms with E-state index >= 15 is 0 Å². The Morgan fingerprint density at radius 2 is 2.31 bits per heavy atom. The minimum Gasteiger partial charge on any atom is -0.477 e. The number of hydrogen-bond donors (Lipinski definition) is 1. The second-order valence-electron chi connectivity index (χ2n) is 2.64. The van der Waals surface area contributed by atoms with Crippen molar-refractivity contribution in [1.82, 2.24) is 9.55 Å². The van der Waals surface area contributed by atoms with E-state index in [2.05, 4.69) is 4.98 Å². The van der Waals surface area contributed by atoms with Crippen LogP contribution in [0.1, 0.15) is 23.0 Å². The first kappa shape index (κ1) is 9.44. The van der Waals surface area contributed by atoms with Gasteiger partial charge in [0.15, 0.2) is 0 Å². The Kier molecular flexibility index (Phi) is 2.46. The highest BCUT2D eigenvalue weighted by atomic mass is 16.4. The lowest BCUT2D eigenvalue weighted by atomic mass is 10.2. The molecule has 0 aromatic carbocycles. The lowest BCUT2D eigenvalue weighted by molar-refractivity contribution is 0.0692. The van der Waals surface area contributed by atoms with Gasteiger partial charge in [0.2, 0.25) is 0 Å². The molecule has 0 saturated heterocycles. The summed E-state index contributed by atoms with van der Waals surface area (Å²) in [5.41, 5.74) is -0.414. The van der Waals surface area contributed by atoms with E-state index in [1.807, 2.05) is 0 Å². The van der Waals surface area contributed by atoms with Gasteiger partial charge in [0.05, 0.1) is 12.0 Å². The van der Waals surface area contributed by atoms with Crippen LogP contribution >= 0.6 is 0 Å². The number of nitrogens with zero attached hydrogens (tertiary/aromatic N) is 2. The second kappa shape index (κ2) is 3.38. The number of carbonyl (C=O) groups is 1. The summed E-state index contributed by atoms with van der Waals surface area (Å²) in [5, 5.41) is 8.75. The van der Waals surface area contributed by atoms with Gasteiger partial charge in [-0.1, -0.05) is 6.92 Å². The van der Waals surface area contributed by atoms with Crippen molar-refractivity contribution in [2.45, 2.75) is 13.3 Å². The van der Waals surface area contributed by atoms with Crippen LogP contribution in [0.15, 0.2) is 11.1 Å². The Hall–Kier alpha value is -1.65. The van der Waals surface area contributed by atoms with Crippen LogP contribution in [0, 0.1) is 0 Å². The molecule has 0 saturated carbocycles. The molecular weight excluding hydrogens is 172 g/mol. The molecule has 70 valence electrons. The number of aromatic nitrogens is 2. The minimum absolute atomic E-state index is 0.229. The van der Waals surface area contributed by atoms with Crippen molar-refractivity contribution >= 4 is 5.97 Å². The van der Waals surface area contributed by atoms with Gasteiger partial charge in [-0.25, -0.2) is 9.78 Å². The van der Waals surface area contributed by atoms with Crippen LogP contribution < -0.4 is 5.56 Å². The van der Waals surface area contributed by atoms with Crippen LogP contribution in [0.5, 0.6) is 0 Å². The molecular formula is C8H10N2O3. The fourth-order valence-corrected chi connectivity index (χ4v) is 1.06. The summed E-state index contributed by atoms with van der Waals surface area (Å²) in [7, 11) is 1.47. The molecule has 0 amide bonds. The van der Waals surface area contributed by atoms with Crippen molar-refractivity contribution in [1.29, 1.82) is 0 Å². The normalized spacial score (nSPS) is 10.0. The Labute approximate surface area is 74.7 Å². The molecule has 5 heteroatoms. The van der Waals surface area contributed by atoms with Crippen molar-refractivity contribution < 1.29 is 9.90 Å². The van der Waals surface area contributed by atoms with Crippen LogP contribution in [0.3, 0.4) is 0 Å². The summed E-state index contributed by atoms with van der Waals surface area (Å²) in [6.45, 7) is 1.76. The second-order valence-corrected chi connectivity index (χ2v) is 2.64. The molecule has 5 nitrogen and oxygen atoms in total. The SMILES string of the molecule is CCc1ncn(C)c(=O)c1C(=O)O. The van der Waals surface area contributed by atoms with Gasteiger partial charge in [0.1, 0.15) is 5.56 Å². The maximum atomic E-state index is 11.3. The van der Waals surface area contributed by atoms with Crippen molar-refractivity contribution in [3.8, 4) is 0 Å². The Bertz CT molecular complexity index is 395. The highest BCUT2D eigenvalue weighted by Gasteiger charge is 2.15. The maximum absolute atomic E-state index is 11.3. The fraction of sp³-hybridized carbons (Fsp3) is 0.375. The van der Waals surface area contributed by atoms with E-state index in [0.29, 0.717) is 12.1 Å². The van der Waals surface area contributed by atoms with Crippen LogP contribution in [0.4, 0.5) is 0 Å². The predicted octanol–water partition coefficient (Wildman–Crippen LogP) is 0.0409. The Morgan fingerprint density at radius 3 is 2.77 bits per heavy atom. The van der Waals surface area contributed by atoms with Crippen LogP contribution in [-0.2, 0) is 13.5 Å². The summed E-state index contributed by atoms with van der Waals surface area (Å²) >= 11 is 0. The van der Waals surface area contributed by atoms with Gasteiger partial charge in [-0.3, -0.25) is 4.79 Å². The highest BCUT2D eigenvalue weighted by Crippen LogP contribution is 1.99. The monoisotopic (exact) mass is 182 g/mol. The molecule has 0 aliphatic carbocycles. The third-order valence-electron chi connectivity index (χ3n) is 1.76. The van der Waals surface area contributed by atoms with Crippen LogP contribution in [-0.4, -0.2) is 20.6 Å². The van der Waals surface area contributed by atoms with Crippen molar-refractivity contribution in [2.75, 3.05) is 0 Å². The van der Waals surface area contributed by atoms with Gasteiger partial charge in [0.25, 0.3) is 5.56 Å². The number of carboxylic acid groups (broad SMARTS) is 1. The third kappa shape index (κ3) is 1.58. The summed E-state index contributed by atoms with van der Waals surface area (Å²) in [6.07, 6.45) is 1.77. The summed E-state index contributed by atoms with van der Waals surface area (Å²) in [6, 6.07) is 0. The van der Waals surface area contributed by atoms with E-state index in [0.717, 1.165) is 4.57 Å². The Morgan fingerprint density at radius 1 is 1.69 bits per heavy atom. The van der Waals surface area contributed by atoms with E-state index in [1.165, 1.54) is 13.4 Å². The van der Waals surface area contributed by atoms with Gasteiger partial charge in [-0.15, -0.1) is 0 Å². The first-order chi connectivity index (χ1) is 6.07. The first-order valence-corrected chi connectivity index (χ1v) is 3.85. The number of hydrogen-bond acceptors (Lipinski definition) is 3. The molecule has 1 aromatic rings. The first-order valence-electron chi connectivity index (χ1n) is 3.85. The van der Waals surface area contributed by atoms with E-state index in [9.17, 15) is 9.59 Å². The molecule has 0 aliphatic rings. The van der Waals surface area contributed by atoms with Gasteiger partial charge >= 0.3 is 5.97 Å². The zero-order valence-corrected chi connectivity index (χ0v) is 7.44. The molecule has 0 aliphatic heterocycles. The lowest BCUT2D eigenvalue weighted by Crippen LogP contribution is -2.27. The van der Waals surface area contributed by atoms with Crippen LogP contribution in [0.25, 0.3) is 0 Å². The van der Waals surface area contributed by atoms with E-state index in [-0.39, 0.29) is 5.56 Å². The number of aryl methyl sites for hydroxylation is 2.